The molecule has 0 aromatic carbocycles. The number of hydrogen-bond acceptors (Lipinski definition) is 1. The Labute approximate surface area is 106 Å². The van der Waals surface area contributed by atoms with Gasteiger partial charge >= 0.3 is 0 Å². The Kier molecular flexibility index (Phi) is 3.75. The van der Waals surface area contributed by atoms with Crippen molar-refractivity contribution in [2.45, 2.75) is 66.2 Å². The van der Waals surface area contributed by atoms with E-state index in [9.17, 15) is 0 Å². The van der Waals surface area contributed by atoms with Gasteiger partial charge in [-0.1, -0.05) is 45.6 Å². The largest absolute Gasteiger partial charge is 0.289 e. The standard InChI is InChI=1S/C16H27N/c1-12-13-9-7-5-6-8-10-14(13)15(11-17-12)16(2,3)4/h13H,5-11H2,1-4H3. The molecule has 1 nitrogen and oxygen atoms in total. The Bertz CT molecular complexity index is 341. The van der Waals surface area contributed by atoms with Crippen molar-refractivity contribution in [2.24, 2.45) is 16.3 Å². The quantitative estimate of drug-likeness (QED) is 0.534. The summed E-state index contributed by atoms with van der Waals surface area (Å²) in [5.41, 5.74) is 5.09. The van der Waals surface area contributed by atoms with Gasteiger partial charge in [-0.05, 0) is 37.2 Å². The van der Waals surface area contributed by atoms with Crippen LogP contribution < -0.4 is 0 Å². The van der Waals surface area contributed by atoms with Gasteiger partial charge in [-0.3, -0.25) is 4.99 Å². The third-order valence-electron chi connectivity index (χ3n) is 4.39. The van der Waals surface area contributed by atoms with Crippen LogP contribution in [0.2, 0.25) is 0 Å². The van der Waals surface area contributed by atoms with Crippen LogP contribution in [0.3, 0.4) is 0 Å². The first-order valence-electron chi connectivity index (χ1n) is 7.23. The average molecular weight is 233 g/mol. The van der Waals surface area contributed by atoms with Gasteiger partial charge in [0.2, 0.25) is 0 Å². The van der Waals surface area contributed by atoms with Gasteiger partial charge in [0, 0.05) is 11.6 Å². The van der Waals surface area contributed by atoms with Crippen molar-refractivity contribution in [3.05, 3.63) is 11.1 Å². The molecule has 1 aliphatic heterocycles. The monoisotopic (exact) mass is 233 g/mol. The highest BCUT2D eigenvalue weighted by molar-refractivity contribution is 5.88. The van der Waals surface area contributed by atoms with Gasteiger partial charge in [-0.25, -0.2) is 0 Å². The van der Waals surface area contributed by atoms with E-state index in [1.165, 1.54) is 44.2 Å². The molecule has 17 heavy (non-hydrogen) atoms. The molecule has 96 valence electrons. The first-order valence-corrected chi connectivity index (χ1v) is 7.23. The highest BCUT2D eigenvalue weighted by Gasteiger charge is 2.30. The van der Waals surface area contributed by atoms with E-state index < -0.39 is 0 Å². The van der Waals surface area contributed by atoms with E-state index in [-0.39, 0.29) is 0 Å². The van der Waals surface area contributed by atoms with Crippen molar-refractivity contribution in [1.29, 1.82) is 0 Å². The summed E-state index contributed by atoms with van der Waals surface area (Å²) in [6.45, 7) is 10.2. The second-order valence-corrected chi connectivity index (χ2v) is 6.72. The first-order chi connectivity index (χ1) is 8.00. The molecular weight excluding hydrogens is 206 g/mol. The Balaban J connectivity index is 2.34. The summed E-state index contributed by atoms with van der Waals surface area (Å²) in [5.74, 6) is 0.679. The van der Waals surface area contributed by atoms with Crippen LogP contribution in [0.1, 0.15) is 66.2 Å². The lowest BCUT2D eigenvalue weighted by atomic mass is 9.73. The van der Waals surface area contributed by atoms with Crippen molar-refractivity contribution in [3.63, 3.8) is 0 Å². The molecule has 0 radical (unpaired) electrons. The molecule has 0 N–H and O–H groups in total. The maximum atomic E-state index is 4.79. The molecule has 1 heterocycles. The zero-order valence-corrected chi connectivity index (χ0v) is 12.0. The fraction of sp³-hybridized carbons (Fsp3) is 0.812. The fourth-order valence-corrected chi connectivity index (χ4v) is 3.32. The van der Waals surface area contributed by atoms with E-state index in [1.54, 1.807) is 11.1 Å². The summed E-state index contributed by atoms with van der Waals surface area (Å²) in [6, 6.07) is 0. The predicted molar refractivity (Wildman–Crippen MR) is 75.6 cm³/mol. The smallest absolute Gasteiger partial charge is 0.0607 e. The molecule has 0 bridgehead atoms. The van der Waals surface area contributed by atoms with Crippen LogP contribution in [-0.4, -0.2) is 12.3 Å². The molecule has 1 fully saturated rings. The summed E-state index contributed by atoms with van der Waals surface area (Å²) >= 11 is 0. The van der Waals surface area contributed by atoms with Crippen molar-refractivity contribution >= 4 is 5.71 Å². The second-order valence-electron chi connectivity index (χ2n) is 6.72. The summed E-state index contributed by atoms with van der Waals surface area (Å²) in [5, 5.41) is 0. The predicted octanol–water partition coefficient (Wildman–Crippen LogP) is 4.77. The lowest BCUT2D eigenvalue weighted by molar-refractivity contribution is 0.451. The lowest BCUT2D eigenvalue weighted by Gasteiger charge is -2.35. The van der Waals surface area contributed by atoms with E-state index in [0.717, 1.165) is 6.54 Å². The van der Waals surface area contributed by atoms with Gasteiger partial charge in [0.15, 0.2) is 0 Å². The molecule has 1 heteroatoms. The van der Waals surface area contributed by atoms with Crippen molar-refractivity contribution < 1.29 is 0 Å². The van der Waals surface area contributed by atoms with E-state index in [2.05, 4.69) is 27.7 Å². The van der Waals surface area contributed by atoms with E-state index >= 15 is 0 Å². The summed E-state index contributed by atoms with van der Waals surface area (Å²) in [6.07, 6.45) is 8.28. The van der Waals surface area contributed by atoms with Crippen molar-refractivity contribution in [1.82, 2.24) is 0 Å². The van der Waals surface area contributed by atoms with Gasteiger partial charge in [-0.15, -0.1) is 0 Å². The van der Waals surface area contributed by atoms with Gasteiger partial charge in [0.05, 0.1) is 6.54 Å². The normalized spacial score (nSPS) is 27.1. The van der Waals surface area contributed by atoms with Gasteiger partial charge in [0.25, 0.3) is 0 Å². The molecular formula is C16H27N. The van der Waals surface area contributed by atoms with Crippen molar-refractivity contribution in [2.75, 3.05) is 6.54 Å². The Morgan fingerprint density at radius 2 is 1.76 bits per heavy atom. The number of hydrogen-bond donors (Lipinski definition) is 0. The molecule has 1 atom stereocenters. The molecule has 0 aromatic rings. The fourth-order valence-electron chi connectivity index (χ4n) is 3.32. The number of dihydropyridines is 1. The minimum Gasteiger partial charge on any atom is -0.289 e. The topological polar surface area (TPSA) is 12.4 Å². The third-order valence-corrected chi connectivity index (χ3v) is 4.39. The maximum absolute atomic E-state index is 4.79. The van der Waals surface area contributed by atoms with Crippen molar-refractivity contribution in [3.8, 4) is 0 Å². The van der Waals surface area contributed by atoms with Crippen LogP contribution in [0, 0.1) is 11.3 Å². The highest BCUT2D eigenvalue weighted by atomic mass is 14.8. The van der Waals surface area contributed by atoms with Crippen LogP contribution in [0.4, 0.5) is 0 Å². The molecule has 2 aliphatic rings. The number of allylic oxidation sites excluding steroid dienone is 1. The maximum Gasteiger partial charge on any atom is 0.0607 e. The minimum atomic E-state index is 0.303. The summed E-state index contributed by atoms with van der Waals surface area (Å²) in [4.78, 5) is 4.79. The average Bonchev–Trinajstić information content (AvgIpc) is 2.17. The molecule has 0 saturated heterocycles. The van der Waals surface area contributed by atoms with Crippen LogP contribution in [0.25, 0.3) is 0 Å². The highest BCUT2D eigenvalue weighted by Crippen LogP contribution is 2.39. The number of aliphatic imine (C=N–C) groups is 1. The minimum absolute atomic E-state index is 0.303. The zero-order chi connectivity index (χ0) is 12.5. The number of nitrogens with zero attached hydrogens (tertiary/aromatic N) is 1. The van der Waals surface area contributed by atoms with E-state index in [0.29, 0.717) is 11.3 Å². The SMILES string of the molecule is CC1=NCC(C(C)(C)C)=C2CCCCCCC12. The van der Waals surface area contributed by atoms with Crippen LogP contribution >= 0.6 is 0 Å². The zero-order valence-electron chi connectivity index (χ0n) is 12.0. The van der Waals surface area contributed by atoms with Crippen LogP contribution in [0.15, 0.2) is 16.1 Å². The van der Waals surface area contributed by atoms with E-state index in [4.69, 9.17) is 4.99 Å². The Morgan fingerprint density at radius 3 is 2.47 bits per heavy atom. The molecule has 0 amide bonds. The van der Waals surface area contributed by atoms with Gasteiger partial charge < -0.3 is 0 Å². The Hall–Kier alpha value is -0.590. The summed E-state index contributed by atoms with van der Waals surface area (Å²) in [7, 11) is 0. The molecule has 0 spiro atoms. The molecule has 0 aromatic heterocycles. The first kappa shape index (κ1) is 12.9. The van der Waals surface area contributed by atoms with E-state index in [1.807, 2.05) is 0 Å². The third kappa shape index (κ3) is 2.81. The van der Waals surface area contributed by atoms with Crippen LogP contribution in [-0.2, 0) is 0 Å². The Morgan fingerprint density at radius 1 is 1.06 bits per heavy atom. The molecule has 2 rings (SSSR count). The number of rotatable bonds is 0. The summed E-state index contributed by atoms with van der Waals surface area (Å²) < 4.78 is 0. The molecule has 1 aliphatic carbocycles. The number of fused-ring (bicyclic) bond motifs is 1. The van der Waals surface area contributed by atoms with Gasteiger partial charge in [0.1, 0.15) is 0 Å². The molecule has 1 saturated carbocycles. The lowest BCUT2D eigenvalue weighted by Crippen LogP contribution is -2.27. The second kappa shape index (κ2) is 4.96. The van der Waals surface area contributed by atoms with Gasteiger partial charge in [-0.2, -0.15) is 0 Å². The van der Waals surface area contributed by atoms with Crippen LogP contribution in [0.5, 0.6) is 0 Å². The molecule has 1 unspecified atom stereocenters.